The second-order valence-electron chi connectivity index (χ2n) is 6.12. The zero-order valence-electron chi connectivity index (χ0n) is 15.8. The van der Waals surface area contributed by atoms with Gasteiger partial charge in [-0.1, -0.05) is 6.92 Å². The topological polar surface area (TPSA) is 79.4 Å². The van der Waals surface area contributed by atoms with Crippen LogP contribution >= 0.6 is 0 Å². The molecular formula is C17H27N3O5S. The maximum Gasteiger partial charge on any atom is 0.243 e. The van der Waals surface area contributed by atoms with E-state index in [4.69, 9.17) is 9.47 Å². The fraction of sp³-hybridized carbons (Fsp3) is 0.588. The van der Waals surface area contributed by atoms with E-state index >= 15 is 0 Å². The van der Waals surface area contributed by atoms with Crippen molar-refractivity contribution in [1.29, 1.82) is 0 Å². The van der Waals surface area contributed by atoms with Gasteiger partial charge in [0.25, 0.3) is 0 Å². The van der Waals surface area contributed by atoms with Crippen molar-refractivity contribution in [2.45, 2.75) is 6.92 Å². The summed E-state index contributed by atoms with van der Waals surface area (Å²) in [5.41, 5.74) is 0.366. The van der Waals surface area contributed by atoms with Gasteiger partial charge in [-0.2, -0.15) is 0 Å². The number of sulfonamides is 1. The van der Waals surface area contributed by atoms with Crippen LogP contribution in [0.5, 0.6) is 11.5 Å². The first-order valence-corrected chi connectivity index (χ1v) is 10.3. The molecule has 0 atom stereocenters. The summed E-state index contributed by atoms with van der Waals surface area (Å²) in [5, 5.41) is 0. The van der Waals surface area contributed by atoms with Crippen molar-refractivity contribution in [3.63, 3.8) is 0 Å². The molecule has 1 heterocycles. The van der Waals surface area contributed by atoms with Gasteiger partial charge in [-0.3, -0.25) is 9.10 Å². The Bertz CT molecular complexity index is 730. The summed E-state index contributed by atoms with van der Waals surface area (Å²) in [6, 6.07) is 4.78. The molecule has 2 rings (SSSR count). The van der Waals surface area contributed by atoms with E-state index in [1.165, 1.54) is 14.2 Å². The Hall–Kier alpha value is -2.00. The van der Waals surface area contributed by atoms with E-state index < -0.39 is 10.0 Å². The minimum absolute atomic E-state index is 0.207. The molecule has 0 aromatic heterocycles. The molecule has 1 amide bonds. The largest absolute Gasteiger partial charge is 0.493 e. The van der Waals surface area contributed by atoms with Crippen LogP contribution < -0.4 is 13.8 Å². The van der Waals surface area contributed by atoms with Gasteiger partial charge in [-0.25, -0.2) is 8.42 Å². The third-order valence-electron chi connectivity index (χ3n) is 4.51. The number of amides is 1. The summed E-state index contributed by atoms with van der Waals surface area (Å²) < 4.78 is 36.1. The Balaban J connectivity index is 2.20. The number of hydrogen-bond donors (Lipinski definition) is 0. The molecule has 1 aliphatic rings. The van der Waals surface area contributed by atoms with Crippen molar-refractivity contribution in [2.75, 3.05) is 64.0 Å². The van der Waals surface area contributed by atoms with Crippen molar-refractivity contribution >= 4 is 21.6 Å². The fourth-order valence-electron chi connectivity index (χ4n) is 2.92. The Kier molecular flexibility index (Phi) is 6.71. The predicted molar refractivity (Wildman–Crippen MR) is 100 cm³/mol. The molecule has 9 heteroatoms. The van der Waals surface area contributed by atoms with Gasteiger partial charge in [0.2, 0.25) is 15.9 Å². The molecule has 0 N–H and O–H groups in total. The lowest BCUT2D eigenvalue weighted by Gasteiger charge is -2.35. The number of rotatable bonds is 7. The summed E-state index contributed by atoms with van der Waals surface area (Å²) in [6.45, 7) is 5.62. The maximum atomic E-state index is 12.6. The summed E-state index contributed by atoms with van der Waals surface area (Å²) >= 11 is 0. The van der Waals surface area contributed by atoms with Crippen LogP contribution in [-0.4, -0.2) is 83.9 Å². The van der Waals surface area contributed by atoms with Crippen molar-refractivity contribution in [1.82, 2.24) is 9.80 Å². The molecular weight excluding hydrogens is 358 g/mol. The number of hydrogen-bond acceptors (Lipinski definition) is 6. The Morgan fingerprint density at radius 1 is 1.12 bits per heavy atom. The van der Waals surface area contributed by atoms with Crippen LogP contribution in [0.2, 0.25) is 0 Å². The van der Waals surface area contributed by atoms with Gasteiger partial charge in [0, 0.05) is 32.2 Å². The number of ether oxygens (including phenoxy) is 2. The minimum atomic E-state index is -3.63. The van der Waals surface area contributed by atoms with Crippen LogP contribution in [-0.2, 0) is 14.8 Å². The van der Waals surface area contributed by atoms with E-state index in [1.807, 2.05) is 0 Å². The number of benzene rings is 1. The highest BCUT2D eigenvalue weighted by Gasteiger charge is 2.26. The quantitative estimate of drug-likeness (QED) is 0.685. The van der Waals surface area contributed by atoms with Gasteiger partial charge in [-0.05, 0) is 18.7 Å². The zero-order chi connectivity index (χ0) is 19.3. The second-order valence-corrected chi connectivity index (χ2v) is 8.03. The zero-order valence-corrected chi connectivity index (χ0v) is 16.6. The summed E-state index contributed by atoms with van der Waals surface area (Å²) in [4.78, 5) is 16.6. The molecule has 146 valence electrons. The lowest BCUT2D eigenvalue weighted by atomic mass is 10.2. The molecule has 8 nitrogen and oxygen atoms in total. The third-order valence-corrected chi connectivity index (χ3v) is 5.65. The minimum Gasteiger partial charge on any atom is -0.493 e. The van der Waals surface area contributed by atoms with Crippen LogP contribution in [0.1, 0.15) is 6.92 Å². The number of carbonyl (C=O) groups excluding carboxylic acids is 1. The van der Waals surface area contributed by atoms with E-state index in [1.54, 1.807) is 23.1 Å². The molecule has 0 unspecified atom stereocenters. The van der Waals surface area contributed by atoms with Crippen LogP contribution in [0, 0.1) is 0 Å². The Labute approximate surface area is 155 Å². The number of likely N-dealkylation sites (N-methyl/N-ethyl adjacent to an activating group) is 1. The summed E-state index contributed by atoms with van der Waals surface area (Å²) in [7, 11) is -0.650. The molecule has 26 heavy (non-hydrogen) atoms. The predicted octanol–water partition coefficient (Wildman–Crippen LogP) is 0.634. The van der Waals surface area contributed by atoms with Crippen LogP contribution in [0.3, 0.4) is 0 Å². The first-order valence-electron chi connectivity index (χ1n) is 8.50. The van der Waals surface area contributed by atoms with Gasteiger partial charge in [0.1, 0.15) is 6.54 Å². The average molecular weight is 385 g/mol. The van der Waals surface area contributed by atoms with E-state index in [0.29, 0.717) is 30.3 Å². The van der Waals surface area contributed by atoms with Gasteiger partial charge >= 0.3 is 0 Å². The van der Waals surface area contributed by atoms with Crippen LogP contribution in [0.15, 0.2) is 18.2 Å². The first-order chi connectivity index (χ1) is 12.3. The Morgan fingerprint density at radius 2 is 1.73 bits per heavy atom. The number of anilines is 1. The standard InChI is InChI=1S/C17H27N3O5S/c1-5-18-8-10-19(11-9-18)17(21)13-20(26(4,22)23)14-6-7-15(24-2)16(12-14)25-3/h6-7,12H,5,8-11,13H2,1-4H3. The van der Waals surface area contributed by atoms with Crippen molar-refractivity contribution in [2.24, 2.45) is 0 Å². The molecule has 0 aliphatic carbocycles. The average Bonchev–Trinajstić information content (AvgIpc) is 2.64. The number of carbonyl (C=O) groups is 1. The molecule has 1 fully saturated rings. The highest BCUT2D eigenvalue weighted by Crippen LogP contribution is 2.32. The van der Waals surface area contributed by atoms with E-state index in [-0.39, 0.29) is 12.5 Å². The summed E-state index contributed by atoms with van der Waals surface area (Å²) in [5.74, 6) is 0.690. The monoisotopic (exact) mass is 385 g/mol. The molecule has 0 saturated carbocycles. The van der Waals surface area contributed by atoms with Crippen molar-refractivity contribution < 1.29 is 22.7 Å². The molecule has 1 saturated heterocycles. The smallest absolute Gasteiger partial charge is 0.243 e. The summed E-state index contributed by atoms with van der Waals surface area (Å²) in [6.07, 6.45) is 1.09. The van der Waals surface area contributed by atoms with Crippen molar-refractivity contribution in [3.8, 4) is 11.5 Å². The molecule has 1 aliphatic heterocycles. The van der Waals surface area contributed by atoms with E-state index in [9.17, 15) is 13.2 Å². The Morgan fingerprint density at radius 3 is 2.23 bits per heavy atom. The second kappa shape index (κ2) is 8.59. The highest BCUT2D eigenvalue weighted by atomic mass is 32.2. The molecule has 1 aromatic carbocycles. The van der Waals surface area contributed by atoms with Crippen LogP contribution in [0.4, 0.5) is 5.69 Å². The molecule has 0 spiro atoms. The number of piperazine rings is 1. The third kappa shape index (κ3) is 4.79. The first kappa shape index (κ1) is 20.3. The SMILES string of the molecule is CCN1CCN(C(=O)CN(c2ccc(OC)c(OC)c2)S(C)(=O)=O)CC1. The lowest BCUT2D eigenvalue weighted by Crippen LogP contribution is -2.51. The van der Waals surface area contributed by atoms with E-state index in [2.05, 4.69) is 11.8 Å². The molecule has 0 bridgehead atoms. The number of nitrogens with zero attached hydrogens (tertiary/aromatic N) is 3. The van der Waals surface area contributed by atoms with Gasteiger partial charge in [-0.15, -0.1) is 0 Å². The fourth-order valence-corrected chi connectivity index (χ4v) is 3.76. The van der Waals surface area contributed by atoms with Crippen LogP contribution in [0.25, 0.3) is 0 Å². The van der Waals surface area contributed by atoms with Gasteiger partial charge < -0.3 is 19.3 Å². The molecule has 1 aromatic rings. The van der Waals surface area contributed by atoms with Gasteiger partial charge in [0.15, 0.2) is 11.5 Å². The van der Waals surface area contributed by atoms with Gasteiger partial charge in [0.05, 0.1) is 26.2 Å². The number of methoxy groups -OCH3 is 2. The van der Waals surface area contributed by atoms with E-state index in [0.717, 1.165) is 30.2 Å². The normalized spacial score (nSPS) is 15.6. The lowest BCUT2D eigenvalue weighted by molar-refractivity contribution is -0.131. The maximum absolute atomic E-state index is 12.6. The van der Waals surface area contributed by atoms with Crippen molar-refractivity contribution in [3.05, 3.63) is 18.2 Å². The highest BCUT2D eigenvalue weighted by molar-refractivity contribution is 7.92. The molecule has 0 radical (unpaired) electrons.